The smallest absolute Gasteiger partial charge is 0.140 e. The van der Waals surface area contributed by atoms with E-state index in [4.69, 9.17) is 4.74 Å². The van der Waals surface area contributed by atoms with Gasteiger partial charge in [-0.15, -0.1) is 11.3 Å². The number of fused-ring (bicyclic) bond motifs is 1. The normalized spacial score (nSPS) is 20.4. The van der Waals surface area contributed by atoms with Gasteiger partial charge in [0, 0.05) is 13.1 Å². The Labute approximate surface area is 117 Å². The van der Waals surface area contributed by atoms with Gasteiger partial charge < -0.3 is 9.64 Å². The van der Waals surface area contributed by atoms with Crippen LogP contribution >= 0.6 is 11.3 Å². The predicted molar refractivity (Wildman–Crippen MR) is 78.9 cm³/mol. The van der Waals surface area contributed by atoms with E-state index in [1.165, 1.54) is 0 Å². The van der Waals surface area contributed by atoms with Gasteiger partial charge in [0.25, 0.3) is 0 Å². The third kappa shape index (κ3) is 2.72. The number of anilines is 1. The van der Waals surface area contributed by atoms with Crippen LogP contribution in [0.2, 0.25) is 0 Å². The largest absolute Gasteiger partial charge is 0.374 e. The molecular formula is C14H19N3OS. The number of hydrogen-bond donors (Lipinski definition) is 0. The fourth-order valence-corrected chi connectivity index (χ4v) is 3.38. The molecule has 1 aliphatic rings. The van der Waals surface area contributed by atoms with Gasteiger partial charge in [-0.3, -0.25) is 0 Å². The lowest BCUT2D eigenvalue weighted by Gasteiger charge is -2.34. The Kier molecular flexibility index (Phi) is 3.66. The van der Waals surface area contributed by atoms with Gasteiger partial charge >= 0.3 is 0 Å². The van der Waals surface area contributed by atoms with E-state index in [0.29, 0.717) is 6.10 Å². The molecule has 5 heteroatoms. The molecule has 1 fully saturated rings. The molecule has 0 saturated carbocycles. The van der Waals surface area contributed by atoms with Crippen molar-refractivity contribution in [3.05, 3.63) is 17.8 Å². The Morgan fingerprint density at radius 3 is 3.16 bits per heavy atom. The van der Waals surface area contributed by atoms with Crippen LogP contribution in [-0.2, 0) is 4.74 Å². The summed E-state index contributed by atoms with van der Waals surface area (Å²) in [6.07, 6.45) is 4.58. The number of rotatable bonds is 3. The molecule has 0 bridgehead atoms. The topological polar surface area (TPSA) is 38.2 Å². The lowest BCUT2D eigenvalue weighted by molar-refractivity contribution is 0.000955. The third-order valence-corrected chi connectivity index (χ3v) is 4.20. The molecule has 0 N–H and O–H groups in total. The molecular weight excluding hydrogens is 258 g/mol. The first-order valence-corrected chi connectivity index (χ1v) is 7.70. The minimum Gasteiger partial charge on any atom is -0.374 e. The maximum atomic E-state index is 5.95. The lowest BCUT2D eigenvalue weighted by atomic mass is 10.1. The number of nitrogens with zero attached hydrogens (tertiary/aromatic N) is 3. The summed E-state index contributed by atoms with van der Waals surface area (Å²) in [6, 6.07) is 2.11. The highest BCUT2D eigenvalue weighted by Gasteiger charge is 2.23. The molecule has 2 aromatic rings. The fourth-order valence-electron chi connectivity index (χ4n) is 2.66. The van der Waals surface area contributed by atoms with E-state index in [-0.39, 0.29) is 6.10 Å². The summed E-state index contributed by atoms with van der Waals surface area (Å²) < 4.78 is 5.95. The van der Waals surface area contributed by atoms with E-state index in [9.17, 15) is 0 Å². The molecule has 0 spiro atoms. The molecule has 1 atom stereocenters. The minimum absolute atomic E-state index is 0.288. The summed E-state index contributed by atoms with van der Waals surface area (Å²) in [6.45, 7) is 6.18. The average molecular weight is 277 g/mol. The van der Waals surface area contributed by atoms with Gasteiger partial charge in [0.15, 0.2) is 0 Å². The van der Waals surface area contributed by atoms with Crippen LogP contribution in [-0.4, -0.2) is 35.3 Å². The zero-order chi connectivity index (χ0) is 13.2. The summed E-state index contributed by atoms with van der Waals surface area (Å²) in [7, 11) is 0. The number of aromatic nitrogens is 2. The van der Waals surface area contributed by atoms with Crippen LogP contribution in [0, 0.1) is 0 Å². The lowest BCUT2D eigenvalue weighted by Crippen LogP contribution is -2.41. The first-order valence-electron chi connectivity index (χ1n) is 6.82. The van der Waals surface area contributed by atoms with Gasteiger partial charge in [0.05, 0.1) is 17.6 Å². The van der Waals surface area contributed by atoms with Gasteiger partial charge in [-0.2, -0.15) is 0 Å². The highest BCUT2D eigenvalue weighted by Crippen LogP contribution is 2.29. The van der Waals surface area contributed by atoms with Crippen LogP contribution in [0.25, 0.3) is 10.2 Å². The second-order valence-corrected chi connectivity index (χ2v) is 6.13. The number of piperidine rings is 1. The Morgan fingerprint density at radius 1 is 1.42 bits per heavy atom. The van der Waals surface area contributed by atoms with Crippen molar-refractivity contribution in [3.8, 4) is 0 Å². The highest BCUT2D eigenvalue weighted by molar-refractivity contribution is 7.16. The molecule has 19 heavy (non-hydrogen) atoms. The molecule has 0 aromatic carbocycles. The Hall–Kier alpha value is -1.20. The fraction of sp³-hybridized carbons (Fsp3) is 0.571. The zero-order valence-corrected chi connectivity index (χ0v) is 12.2. The quantitative estimate of drug-likeness (QED) is 0.864. The molecule has 4 nitrogen and oxygen atoms in total. The van der Waals surface area contributed by atoms with Gasteiger partial charge in [0.1, 0.15) is 17.0 Å². The minimum atomic E-state index is 0.288. The van der Waals surface area contributed by atoms with Crippen LogP contribution in [0.4, 0.5) is 5.82 Å². The summed E-state index contributed by atoms with van der Waals surface area (Å²) in [5, 5.41) is 3.24. The van der Waals surface area contributed by atoms with E-state index >= 15 is 0 Å². The summed E-state index contributed by atoms with van der Waals surface area (Å²) >= 11 is 1.67. The van der Waals surface area contributed by atoms with Gasteiger partial charge in [-0.05, 0) is 38.1 Å². The Morgan fingerprint density at radius 2 is 2.32 bits per heavy atom. The van der Waals surface area contributed by atoms with E-state index in [0.717, 1.165) is 42.0 Å². The molecule has 3 rings (SSSR count). The first-order chi connectivity index (χ1) is 9.24. The second kappa shape index (κ2) is 5.43. The molecule has 1 unspecified atom stereocenters. The third-order valence-electron chi connectivity index (χ3n) is 3.38. The summed E-state index contributed by atoms with van der Waals surface area (Å²) in [5.74, 6) is 1.06. The van der Waals surface area contributed by atoms with Crippen LogP contribution in [0.1, 0.15) is 26.7 Å². The first kappa shape index (κ1) is 12.8. The number of ether oxygens (including phenoxy) is 1. The van der Waals surface area contributed by atoms with Gasteiger partial charge in [0.2, 0.25) is 0 Å². The average Bonchev–Trinajstić information content (AvgIpc) is 2.86. The van der Waals surface area contributed by atoms with Gasteiger partial charge in [-0.1, -0.05) is 0 Å². The molecule has 102 valence electrons. The standard InChI is InChI=1S/C14H19N3OS/c1-10(2)18-11-4-3-6-17(8-11)13-12-5-7-19-14(12)16-9-15-13/h5,7,9-11H,3-4,6,8H2,1-2H3. The zero-order valence-electron chi connectivity index (χ0n) is 11.4. The molecule has 0 amide bonds. The number of thiophene rings is 1. The SMILES string of the molecule is CC(C)OC1CCCN(c2ncnc3sccc23)C1. The molecule has 1 aliphatic heterocycles. The van der Waals surface area contributed by atoms with E-state index < -0.39 is 0 Å². The Balaban J connectivity index is 1.83. The molecule has 2 aromatic heterocycles. The molecule has 3 heterocycles. The van der Waals surface area contributed by atoms with E-state index in [2.05, 4.69) is 40.2 Å². The summed E-state index contributed by atoms with van der Waals surface area (Å²) in [5.41, 5.74) is 0. The van der Waals surface area contributed by atoms with Crippen molar-refractivity contribution < 1.29 is 4.74 Å². The van der Waals surface area contributed by atoms with Gasteiger partial charge in [-0.25, -0.2) is 9.97 Å². The monoisotopic (exact) mass is 277 g/mol. The predicted octanol–water partition coefficient (Wildman–Crippen LogP) is 3.09. The van der Waals surface area contributed by atoms with E-state index in [1.807, 2.05) is 0 Å². The number of hydrogen-bond acceptors (Lipinski definition) is 5. The summed E-state index contributed by atoms with van der Waals surface area (Å²) in [4.78, 5) is 12.2. The van der Waals surface area contributed by atoms with Crippen molar-refractivity contribution in [1.82, 2.24) is 9.97 Å². The molecule has 0 aliphatic carbocycles. The highest BCUT2D eigenvalue weighted by atomic mass is 32.1. The molecule has 0 radical (unpaired) electrons. The van der Waals surface area contributed by atoms with Crippen molar-refractivity contribution in [3.63, 3.8) is 0 Å². The molecule has 1 saturated heterocycles. The Bertz CT molecular complexity index is 554. The second-order valence-electron chi connectivity index (χ2n) is 5.23. The van der Waals surface area contributed by atoms with Crippen molar-refractivity contribution in [2.24, 2.45) is 0 Å². The van der Waals surface area contributed by atoms with Crippen LogP contribution in [0.5, 0.6) is 0 Å². The van der Waals surface area contributed by atoms with Crippen LogP contribution < -0.4 is 4.90 Å². The maximum absolute atomic E-state index is 5.95. The van der Waals surface area contributed by atoms with Crippen molar-refractivity contribution in [1.29, 1.82) is 0 Å². The van der Waals surface area contributed by atoms with E-state index in [1.54, 1.807) is 17.7 Å². The van der Waals surface area contributed by atoms with Crippen LogP contribution in [0.15, 0.2) is 17.8 Å². The van der Waals surface area contributed by atoms with Crippen molar-refractivity contribution in [2.75, 3.05) is 18.0 Å². The van der Waals surface area contributed by atoms with Crippen molar-refractivity contribution in [2.45, 2.75) is 38.9 Å². The maximum Gasteiger partial charge on any atom is 0.140 e. The van der Waals surface area contributed by atoms with Crippen molar-refractivity contribution >= 4 is 27.4 Å². The van der Waals surface area contributed by atoms with Crippen LogP contribution in [0.3, 0.4) is 0 Å².